The topological polar surface area (TPSA) is 60.7 Å². The monoisotopic (exact) mass is 425 g/mol. The molecule has 7 nitrogen and oxygen atoms in total. The van der Waals surface area contributed by atoms with Gasteiger partial charge in [0.1, 0.15) is 0 Å². The molecule has 0 bridgehead atoms. The van der Waals surface area contributed by atoms with Crippen molar-refractivity contribution in [1.82, 2.24) is 30.2 Å². The minimum absolute atomic E-state index is 0.471. The van der Waals surface area contributed by atoms with Crippen LogP contribution in [-0.2, 0) is 13.6 Å². The first kappa shape index (κ1) is 23.3. The Labute approximate surface area is 187 Å². The van der Waals surface area contributed by atoms with Gasteiger partial charge in [-0.1, -0.05) is 30.3 Å². The van der Waals surface area contributed by atoms with Crippen LogP contribution >= 0.6 is 0 Å². The first-order chi connectivity index (χ1) is 15.0. The molecule has 1 fully saturated rings. The van der Waals surface area contributed by atoms with E-state index in [-0.39, 0.29) is 0 Å². The molecule has 1 saturated heterocycles. The van der Waals surface area contributed by atoms with Crippen molar-refractivity contribution in [3.05, 3.63) is 52.8 Å². The van der Waals surface area contributed by atoms with Crippen LogP contribution in [0.3, 0.4) is 0 Å². The zero-order valence-electron chi connectivity index (χ0n) is 19.9. The summed E-state index contributed by atoms with van der Waals surface area (Å²) in [5.74, 6) is 0.878. The van der Waals surface area contributed by atoms with Crippen LogP contribution in [0.25, 0.3) is 0 Å². The third kappa shape index (κ3) is 6.31. The molecule has 0 radical (unpaired) electrons. The number of benzene rings is 1. The van der Waals surface area contributed by atoms with Crippen molar-refractivity contribution in [2.45, 2.75) is 39.8 Å². The van der Waals surface area contributed by atoms with E-state index in [0.717, 1.165) is 57.3 Å². The molecule has 1 unspecified atom stereocenters. The molecule has 1 aromatic heterocycles. The second-order valence-electron chi connectivity index (χ2n) is 8.47. The number of likely N-dealkylation sites (N-methyl/N-ethyl adjacent to an activating group) is 1. The van der Waals surface area contributed by atoms with Gasteiger partial charge in [-0.25, -0.2) is 4.99 Å². The molecule has 0 spiro atoms. The molecule has 0 aliphatic carbocycles. The van der Waals surface area contributed by atoms with Crippen LogP contribution in [0.2, 0.25) is 0 Å². The average molecular weight is 426 g/mol. The highest BCUT2D eigenvalue weighted by molar-refractivity contribution is 5.79. The summed E-state index contributed by atoms with van der Waals surface area (Å²) >= 11 is 0. The Morgan fingerprint density at radius 1 is 1.13 bits per heavy atom. The summed E-state index contributed by atoms with van der Waals surface area (Å²) in [4.78, 5) is 9.86. The van der Waals surface area contributed by atoms with Crippen molar-refractivity contribution in [3.8, 4) is 0 Å². The van der Waals surface area contributed by atoms with Crippen LogP contribution in [0.5, 0.6) is 0 Å². The predicted molar refractivity (Wildman–Crippen MR) is 128 cm³/mol. The van der Waals surface area contributed by atoms with Gasteiger partial charge in [-0.05, 0) is 39.8 Å². The van der Waals surface area contributed by atoms with Gasteiger partial charge in [0.15, 0.2) is 5.96 Å². The molecule has 1 atom stereocenters. The number of aromatic nitrogens is 2. The zero-order valence-corrected chi connectivity index (χ0v) is 19.9. The maximum absolute atomic E-state index is 4.80. The van der Waals surface area contributed by atoms with Crippen LogP contribution < -0.4 is 10.6 Å². The fourth-order valence-corrected chi connectivity index (χ4v) is 4.25. The highest BCUT2D eigenvalue weighted by Gasteiger charge is 2.25. The fraction of sp³-hybridized carbons (Fsp3) is 0.583. The molecule has 1 aliphatic heterocycles. The number of nitrogens with zero attached hydrogens (tertiary/aromatic N) is 5. The van der Waals surface area contributed by atoms with Crippen LogP contribution in [0.1, 0.15) is 41.9 Å². The lowest BCUT2D eigenvalue weighted by Gasteiger charge is -2.40. The average Bonchev–Trinajstić information content (AvgIpc) is 3.01. The van der Waals surface area contributed by atoms with E-state index in [1.54, 1.807) is 0 Å². The van der Waals surface area contributed by atoms with Gasteiger partial charge in [-0.2, -0.15) is 5.10 Å². The third-order valence-electron chi connectivity index (χ3n) is 6.19. The van der Waals surface area contributed by atoms with E-state index in [0.29, 0.717) is 12.6 Å². The van der Waals surface area contributed by atoms with Crippen molar-refractivity contribution in [1.29, 1.82) is 0 Å². The van der Waals surface area contributed by atoms with Gasteiger partial charge in [-0.15, -0.1) is 0 Å². The summed E-state index contributed by atoms with van der Waals surface area (Å²) in [5, 5.41) is 11.4. The maximum atomic E-state index is 4.80. The molecule has 2 aromatic rings. The molecule has 1 aliphatic rings. The largest absolute Gasteiger partial charge is 0.357 e. The number of aliphatic imine (C=N–C) groups is 1. The molecule has 170 valence electrons. The van der Waals surface area contributed by atoms with Gasteiger partial charge >= 0.3 is 0 Å². The maximum Gasteiger partial charge on any atom is 0.191 e. The van der Waals surface area contributed by atoms with Crippen molar-refractivity contribution in [2.75, 3.05) is 46.3 Å². The second-order valence-corrected chi connectivity index (χ2v) is 8.47. The van der Waals surface area contributed by atoms with E-state index >= 15 is 0 Å². The van der Waals surface area contributed by atoms with E-state index in [2.05, 4.69) is 83.7 Å². The van der Waals surface area contributed by atoms with Gasteiger partial charge in [0.2, 0.25) is 0 Å². The minimum atomic E-state index is 0.471. The molecule has 7 heteroatoms. The zero-order chi connectivity index (χ0) is 22.2. The summed E-state index contributed by atoms with van der Waals surface area (Å²) < 4.78 is 1.93. The van der Waals surface area contributed by atoms with Gasteiger partial charge in [0.05, 0.1) is 12.2 Å². The van der Waals surface area contributed by atoms with Crippen LogP contribution in [0, 0.1) is 13.8 Å². The minimum Gasteiger partial charge on any atom is -0.357 e. The molecule has 0 saturated carbocycles. The van der Waals surface area contributed by atoms with Gasteiger partial charge in [-0.3, -0.25) is 9.58 Å². The van der Waals surface area contributed by atoms with E-state index in [4.69, 9.17) is 4.99 Å². The van der Waals surface area contributed by atoms with E-state index in [1.165, 1.54) is 16.8 Å². The standard InChI is InChI=1S/C24H39N7/c1-6-25-24(27-17-22-19(2)28-30(5)20(22)3)26-13-10-14-31-16-15-29(4)18-23(31)21-11-8-7-9-12-21/h7-9,11-12,23H,6,10,13-18H2,1-5H3,(H2,25,26,27). The Morgan fingerprint density at radius 2 is 1.90 bits per heavy atom. The Balaban J connectivity index is 1.53. The quantitative estimate of drug-likeness (QED) is 0.387. The Kier molecular flexibility index (Phi) is 8.49. The number of nitrogens with one attached hydrogen (secondary N) is 2. The number of guanidine groups is 1. The number of rotatable bonds is 8. The Hall–Kier alpha value is -2.38. The van der Waals surface area contributed by atoms with Crippen LogP contribution in [-0.4, -0.2) is 71.9 Å². The molecule has 0 amide bonds. The molecule has 2 N–H and O–H groups in total. The molecule has 2 heterocycles. The molecular weight excluding hydrogens is 386 g/mol. The summed E-state index contributed by atoms with van der Waals surface area (Å²) in [7, 11) is 4.21. The van der Waals surface area contributed by atoms with Crippen LogP contribution in [0.15, 0.2) is 35.3 Å². The summed E-state index contributed by atoms with van der Waals surface area (Å²) in [5.41, 5.74) is 4.86. The van der Waals surface area contributed by atoms with Crippen molar-refractivity contribution in [2.24, 2.45) is 12.0 Å². The normalized spacial score (nSPS) is 18.4. The second kappa shape index (κ2) is 11.3. The van der Waals surface area contributed by atoms with Gasteiger partial charge in [0, 0.05) is 63.6 Å². The Morgan fingerprint density at radius 3 is 2.58 bits per heavy atom. The smallest absolute Gasteiger partial charge is 0.191 e. The van der Waals surface area contributed by atoms with Crippen LogP contribution in [0.4, 0.5) is 0 Å². The number of piperazine rings is 1. The lowest BCUT2D eigenvalue weighted by molar-refractivity contribution is 0.0891. The summed E-state index contributed by atoms with van der Waals surface area (Å²) in [6.07, 6.45) is 1.09. The highest BCUT2D eigenvalue weighted by atomic mass is 15.3. The fourth-order valence-electron chi connectivity index (χ4n) is 4.25. The van der Waals surface area contributed by atoms with Gasteiger partial charge in [0.25, 0.3) is 0 Å². The van der Waals surface area contributed by atoms with E-state index in [1.807, 2.05) is 11.7 Å². The van der Waals surface area contributed by atoms with Crippen molar-refractivity contribution in [3.63, 3.8) is 0 Å². The molecule has 31 heavy (non-hydrogen) atoms. The lowest BCUT2D eigenvalue weighted by Crippen LogP contribution is -2.47. The number of aryl methyl sites for hydroxylation is 2. The number of hydrogen-bond donors (Lipinski definition) is 2. The van der Waals surface area contributed by atoms with Crippen molar-refractivity contribution < 1.29 is 0 Å². The molecular formula is C24H39N7. The van der Waals surface area contributed by atoms with E-state index < -0.39 is 0 Å². The first-order valence-corrected chi connectivity index (χ1v) is 11.5. The Bertz CT molecular complexity index is 843. The first-order valence-electron chi connectivity index (χ1n) is 11.5. The SMILES string of the molecule is CCNC(=NCc1c(C)nn(C)c1C)NCCCN1CCN(C)CC1c1ccccc1. The predicted octanol–water partition coefficient (Wildman–Crippen LogP) is 2.47. The lowest BCUT2D eigenvalue weighted by atomic mass is 10.0. The van der Waals surface area contributed by atoms with Crippen molar-refractivity contribution >= 4 is 5.96 Å². The highest BCUT2D eigenvalue weighted by Crippen LogP contribution is 2.24. The van der Waals surface area contributed by atoms with E-state index in [9.17, 15) is 0 Å². The molecule has 1 aromatic carbocycles. The number of hydrogen-bond acceptors (Lipinski definition) is 4. The third-order valence-corrected chi connectivity index (χ3v) is 6.19. The summed E-state index contributed by atoms with van der Waals surface area (Å²) in [6.45, 7) is 13.1. The van der Waals surface area contributed by atoms with Gasteiger partial charge < -0.3 is 15.5 Å². The summed E-state index contributed by atoms with van der Waals surface area (Å²) in [6, 6.07) is 11.4. The molecule has 3 rings (SSSR count).